The van der Waals surface area contributed by atoms with Crippen molar-refractivity contribution >= 4 is 17.6 Å². The van der Waals surface area contributed by atoms with Gasteiger partial charge < -0.3 is 10.1 Å². The third-order valence-corrected chi connectivity index (χ3v) is 3.89. The molecule has 22 heavy (non-hydrogen) atoms. The summed E-state index contributed by atoms with van der Waals surface area (Å²) in [5.74, 6) is -0.688. The number of carbonyl (C=O) groups excluding carboxylic acids is 2. The van der Waals surface area contributed by atoms with E-state index in [2.05, 4.69) is 11.4 Å². The largest absolute Gasteiger partial charge is 0.455 e. The van der Waals surface area contributed by atoms with Crippen molar-refractivity contribution in [3.63, 3.8) is 0 Å². The maximum Gasteiger partial charge on any atom is 0.309 e. The summed E-state index contributed by atoms with van der Waals surface area (Å²) in [5.41, 5.74) is 3.97. The van der Waals surface area contributed by atoms with Crippen molar-refractivity contribution in [2.75, 3.05) is 11.9 Å². The van der Waals surface area contributed by atoms with E-state index >= 15 is 0 Å². The van der Waals surface area contributed by atoms with E-state index in [-0.39, 0.29) is 24.4 Å². The zero-order valence-corrected chi connectivity index (χ0v) is 13.4. The first-order valence-corrected chi connectivity index (χ1v) is 7.66. The number of hydrogen-bond donors (Lipinski definition) is 1. The molecule has 0 aromatic heterocycles. The van der Waals surface area contributed by atoms with Gasteiger partial charge in [-0.05, 0) is 51.2 Å². The topological polar surface area (TPSA) is 55.4 Å². The Morgan fingerprint density at radius 1 is 1.18 bits per heavy atom. The van der Waals surface area contributed by atoms with E-state index in [4.69, 9.17) is 4.74 Å². The van der Waals surface area contributed by atoms with Crippen LogP contribution in [-0.4, -0.2) is 18.5 Å². The van der Waals surface area contributed by atoms with Crippen molar-refractivity contribution in [1.29, 1.82) is 0 Å². The van der Waals surface area contributed by atoms with Gasteiger partial charge in [0.2, 0.25) is 0 Å². The molecule has 2 rings (SSSR count). The molecule has 1 aromatic carbocycles. The Morgan fingerprint density at radius 3 is 2.45 bits per heavy atom. The average Bonchev–Trinajstić information content (AvgIpc) is 2.49. The molecule has 0 spiro atoms. The van der Waals surface area contributed by atoms with Crippen LogP contribution in [0, 0.1) is 26.7 Å². The molecule has 1 amide bonds. The molecule has 1 atom stereocenters. The molecule has 4 heteroatoms. The van der Waals surface area contributed by atoms with E-state index in [1.54, 1.807) is 0 Å². The van der Waals surface area contributed by atoms with Crippen molar-refractivity contribution in [3.05, 3.63) is 41.0 Å². The highest BCUT2D eigenvalue weighted by molar-refractivity contribution is 5.94. The Balaban J connectivity index is 1.88. The van der Waals surface area contributed by atoms with Crippen molar-refractivity contribution in [3.8, 4) is 0 Å². The minimum absolute atomic E-state index is 0.111. The van der Waals surface area contributed by atoms with Crippen LogP contribution >= 0.6 is 0 Å². The number of ether oxygens (including phenoxy) is 1. The molecule has 1 aliphatic carbocycles. The smallest absolute Gasteiger partial charge is 0.309 e. The van der Waals surface area contributed by atoms with Gasteiger partial charge in [0, 0.05) is 5.69 Å². The molecule has 1 aromatic rings. The monoisotopic (exact) mass is 301 g/mol. The van der Waals surface area contributed by atoms with Crippen LogP contribution in [0.1, 0.15) is 36.0 Å². The minimum Gasteiger partial charge on any atom is -0.455 e. The quantitative estimate of drug-likeness (QED) is 0.684. The highest BCUT2D eigenvalue weighted by Gasteiger charge is 2.21. The van der Waals surface area contributed by atoms with Gasteiger partial charge in [-0.3, -0.25) is 9.59 Å². The second-order valence-corrected chi connectivity index (χ2v) is 5.91. The van der Waals surface area contributed by atoms with Gasteiger partial charge in [0.25, 0.3) is 5.91 Å². The fourth-order valence-electron chi connectivity index (χ4n) is 2.81. The number of nitrogens with one attached hydrogen (secondary N) is 1. The molecule has 0 bridgehead atoms. The second-order valence-electron chi connectivity index (χ2n) is 5.91. The lowest BCUT2D eigenvalue weighted by atomic mass is 9.95. The summed E-state index contributed by atoms with van der Waals surface area (Å²) in [4.78, 5) is 23.9. The SMILES string of the molecule is Cc1cc(C)c(NC(=O)COC(=O)[C@@H]2CC=CCC2)c(C)c1. The van der Waals surface area contributed by atoms with Gasteiger partial charge in [-0.1, -0.05) is 29.8 Å². The number of hydrogen-bond acceptors (Lipinski definition) is 3. The molecule has 0 aliphatic heterocycles. The Hall–Kier alpha value is -2.10. The lowest BCUT2D eigenvalue weighted by Gasteiger charge is -2.17. The molecule has 0 radical (unpaired) electrons. The number of anilines is 1. The number of carbonyl (C=O) groups is 2. The van der Waals surface area contributed by atoms with Crippen LogP contribution in [0.2, 0.25) is 0 Å². The summed E-state index contributed by atoms with van der Waals surface area (Å²) in [6.07, 6.45) is 6.46. The van der Waals surface area contributed by atoms with E-state index < -0.39 is 0 Å². The van der Waals surface area contributed by atoms with Gasteiger partial charge in [0.15, 0.2) is 6.61 Å². The zero-order valence-electron chi connectivity index (χ0n) is 13.4. The van der Waals surface area contributed by atoms with Crippen LogP contribution in [0.5, 0.6) is 0 Å². The summed E-state index contributed by atoms with van der Waals surface area (Å²) in [7, 11) is 0. The molecule has 0 saturated heterocycles. The molecule has 0 saturated carbocycles. The van der Waals surface area contributed by atoms with E-state index in [1.165, 1.54) is 0 Å². The number of esters is 1. The zero-order chi connectivity index (χ0) is 16.1. The Labute approximate surface area is 131 Å². The predicted octanol–water partition coefficient (Wildman–Crippen LogP) is 3.45. The van der Waals surface area contributed by atoms with Crippen LogP contribution in [0.15, 0.2) is 24.3 Å². The Kier molecular flexibility index (Phi) is 5.36. The van der Waals surface area contributed by atoms with Crippen molar-refractivity contribution < 1.29 is 14.3 Å². The first-order valence-electron chi connectivity index (χ1n) is 7.66. The number of allylic oxidation sites excluding steroid dienone is 2. The average molecular weight is 301 g/mol. The van der Waals surface area contributed by atoms with E-state index in [0.717, 1.165) is 35.2 Å². The molecule has 1 N–H and O–H groups in total. The Morgan fingerprint density at radius 2 is 1.86 bits per heavy atom. The van der Waals surface area contributed by atoms with Gasteiger partial charge in [-0.15, -0.1) is 0 Å². The van der Waals surface area contributed by atoms with Gasteiger partial charge in [0.1, 0.15) is 0 Å². The van der Waals surface area contributed by atoms with Crippen LogP contribution in [0.25, 0.3) is 0 Å². The van der Waals surface area contributed by atoms with Crippen LogP contribution in [0.4, 0.5) is 5.69 Å². The summed E-state index contributed by atoms with van der Waals surface area (Å²) >= 11 is 0. The molecular weight excluding hydrogens is 278 g/mol. The number of amides is 1. The van der Waals surface area contributed by atoms with Crippen LogP contribution in [-0.2, 0) is 14.3 Å². The standard InChI is InChI=1S/C18H23NO3/c1-12-9-13(2)17(14(3)10-12)19-16(20)11-22-18(21)15-7-5-4-6-8-15/h4-5,9-10,15H,6-8,11H2,1-3H3,(H,19,20)/t15-/m1/s1. The number of benzene rings is 1. The third kappa shape index (κ3) is 4.20. The van der Waals surface area contributed by atoms with Crippen molar-refractivity contribution in [2.24, 2.45) is 5.92 Å². The molecule has 118 valence electrons. The van der Waals surface area contributed by atoms with Crippen molar-refractivity contribution in [1.82, 2.24) is 0 Å². The normalized spacial score (nSPS) is 17.1. The van der Waals surface area contributed by atoms with E-state index in [9.17, 15) is 9.59 Å². The van der Waals surface area contributed by atoms with E-state index in [0.29, 0.717) is 6.42 Å². The summed E-state index contributed by atoms with van der Waals surface area (Å²) in [5, 5.41) is 2.83. The molecule has 0 heterocycles. The van der Waals surface area contributed by atoms with Crippen LogP contribution < -0.4 is 5.32 Å². The maximum atomic E-state index is 12.0. The fourth-order valence-corrected chi connectivity index (χ4v) is 2.81. The first-order chi connectivity index (χ1) is 10.5. The summed E-state index contributed by atoms with van der Waals surface area (Å²) in [6, 6.07) is 4.03. The van der Waals surface area contributed by atoms with Gasteiger partial charge >= 0.3 is 5.97 Å². The Bertz CT molecular complexity index is 581. The molecule has 0 unspecified atom stereocenters. The highest BCUT2D eigenvalue weighted by atomic mass is 16.5. The van der Waals surface area contributed by atoms with Gasteiger partial charge in [-0.25, -0.2) is 0 Å². The number of aryl methyl sites for hydroxylation is 3. The second kappa shape index (κ2) is 7.25. The van der Waals surface area contributed by atoms with Gasteiger partial charge in [-0.2, -0.15) is 0 Å². The first kappa shape index (κ1) is 16.3. The number of rotatable bonds is 4. The summed E-state index contributed by atoms with van der Waals surface area (Å²) < 4.78 is 5.13. The third-order valence-electron chi connectivity index (χ3n) is 3.89. The molecule has 4 nitrogen and oxygen atoms in total. The predicted molar refractivity (Wildman–Crippen MR) is 86.7 cm³/mol. The fraction of sp³-hybridized carbons (Fsp3) is 0.444. The van der Waals surface area contributed by atoms with Gasteiger partial charge in [0.05, 0.1) is 5.92 Å². The van der Waals surface area contributed by atoms with Crippen molar-refractivity contribution in [2.45, 2.75) is 40.0 Å². The lowest BCUT2D eigenvalue weighted by molar-refractivity contribution is -0.151. The highest BCUT2D eigenvalue weighted by Crippen LogP contribution is 2.22. The maximum absolute atomic E-state index is 12.0. The van der Waals surface area contributed by atoms with Crippen LogP contribution in [0.3, 0.4) is 0 Å². The van der Waals surface area contributed by atoms with E-state index in [1.807, 2.05) is 39.0 Å². The molecular formula is C18H23NO3. The lowest BCUT2D eigenvalue weighted by Crippen LogP contribution is -2.25. The summed E-state index contributed by atoms with van der Waals surface area (Å²) in [6.45, 7) is 5.70. The molecule has 1 aliphatic rings. The molecule has 0 fully saturated rings. The minimum atomic E-state index is -0.297.